The quantitative estimate of drug-likeness (QED) is 0.817. The largest absolute Gasteiger partial charge is 0.506 e. The predicted molar refractivity (Wildman–Crippen MR) is 69.6 cm³/mol. The third kappa shape index (κ3) is 3.41. The summed E-state index contributed by atoms with van der Waals surface area (Å²) in [7, 11) is 1.93. The summed E-state index contributed by atoms with van der Waals surface area (Å²) in [4.78, 5) is 6.66. The molecule has 1 aromatic rings. The van der Waals surface area contributed by atoms with Gasteiger partial charge in [0.15, 0.2) is 0 Å². The number of hydrogen-bond donors (Lipinski definition) is 2. The molecule has 0 radical (unpaired) electrons. The van der Waals surface area contributed by atoms with Gasteiger partial charge in [0.2, 0.25) is 0 Å². The third-order valence-corrected chi connectivity index (χ3v) is 3.12. The van der Waals surface area contributed by atoms with E-state index in [1.54, 1.807) is 6.07 Å². The Kier molecular flexibility index (Phi) is 4.52. The maximum absolute atomic E-state index is 9.80. The van der Waals surface area contributed by atoms with Gasteiger partial charge in [-0.05, 0) is 26.1 Å². The van der Waals surface area contributed by atoms with E-state index < -0.39 is 0 Å². The lowest BCUT2D eigenvalue weighted by atomic mass is 10.2. The second-order valence-electron chi connectivity index (χ2n) is 4.70. The Labute approximate surface area is 108 Å². The molecule has 1 saturated heterocycles. The van der Waals surface area contributed by atoms with E-state index >= 15 is 0 Å². The third-order valence-electron chi connectivity index (χ3n) is 3.12. The van der Waals surface area contributed by atoms with E-state index in [0.29, 0.717) is 6.54 Å². The molecule has 0 saturated carbocycles. The molecule has 0 amide bonds. The van der Waals surface area contributed by atoms with Crippen LogP contribution < -0.4 is 5.32 Å². The first-order valence-electron chi connectivity index (χ1n) is 6.33. The molecule has 0 bridgehead atoms. The minimum Gasteiger partial charge on any atom is -0.506 e. The number of morpholine rings is 1. The molecule has 1 aliphatic rings. The van der Waals surface area contributed by atoms with Gasteiger partial charge in [0.1, 0.15) is 5.75 Å². The molecule has 0 aliphatic carbocycles. The van der Waals surface area contributed by atoms with Crippen LogP contribution in [0, 0.1) is 6.92 Å². The summed E-state index contributed by atoms with van der Waals surface area (Å²) in [6.45, 7) is 5.96. The minimum absolute atomic E-state index is 0.218. The average Bonchev–Trinajstić information content (AvgIpc) is 2.35. The molecular weight excluding hydrogens is 230 g/mol. The van der Waals surface area contributed by atoms with Crippen LogP contribution in [-0.4, -0.2) is 54.4 Å². The number of aryl methyl sites for hydroxylation is 1. The number of likely N-dealkylation sites (N-methyl/N-ethyl adjacent to an activating group) is 1. The summed E-state index contributed by atoms with van der Waals surface area (Å²) >= 11 is 0. The number of rotatable bonds is 4. The molecule has 2 rings (SSSR count). The monoisotopic (exact) mass is 251 g/mol. The summed E-state index contributed by atoms with van der Waals surface area (Å²) in [6.07, 6.45) is 0.218. The van der Waals surface area contributed by atoms with Gasteiger partial charge in [-0.2, -0.15) is 0 Å². The highest BCUT2D eigenvalue weighted by molar-refractivity contribution is 5.27. The molecule has 5 nitrogen and oxygen atoms in total. The van der Waals surface area contributed by atoms with Crippen LogP contribution >= 0.6 is 0 Å². The molecule has 5 heteroatoms. The van der Waals surface area contributed by atoms with Crippen LogP contribution in [0.15, 0.2) is 12.1 Å². The molecule has 1 fully saturated rings. The van der Waals surface area contributed by atoms with E-state index in [1.165, 1.54) is 0 Å². The van der Waals surface area contributed by atoms with Crippen LogP contribution in [-0.2, 0) is 11.3 Å². The van der Waals surface area contributed by atoms with Gasteiger partial charge in [0.25, 0.3) is 0 Å². The van der Waals surface area contributed by atoms with Gasteiger partial charge in [-0.1, -0.05) is 0 Å². The van der Waals surface area contributed by atoms with Gasteiger partial charge < -0.3 is 15.2 Å². The maximum Gasteiger partial charge on any atom is 0.138 e. The van der Waals surface area contributed by atoms with Gasteiger partial charge in [-0.15, -0.1) is 0 Å². The zero-order valence-corrected chi connectivity index (χ0v) is 11.0. The summed E-state index contributed by atoms with van der Waals surface area (Å²) < 4.78 is 5.65. The molecule has 2 heterocycles. The number of aromatic nitrogens is 1. The number of nitrogens with one attached hydrogen (secondary N) is 1. The average molecular weight is 251 g/mol. The lowest BCUT2D eigenvalue weighted by Crippen LogP contribution is -2.45. The topological polar surface area (TPSA) is 57.6 Å². The summed E-state index contributed by atoms with van der Waals surface area (Å²) in [5.74, 6) is 0.275. The molecule has 2 N–H and O–H groups in total. The van der Waals surface area contributed by atoms with Gasteiger partial charge in [-0.3, -0.25) is 9.88 Å². The standard InChI is InChI=1S/C13H21N3O2/c1-10-3-4-13(17)12(15-10)9-16-5-6-18-11(8-16)7-14-2/h3-4,11,14,17H,5-9H2,1-2H3. The number of pyridine rings is 1. The maximum atomic E-state index is 9.80. The van der Waals surface area contributed by atoms with Gasteiger partial charge in [0, 0.05) is 31.9 Å². The van der Waals surface area contributed by atoms with Crippen molar-refractivity contribution in [3.8, 4) is 5.75 Å². The predicted octanol–water partition coefficient (Wildman–Crippen LogP) is 0.516. The van der Waals surface area contributed by atoms with E-state index in [4.69, 9.17) is 4.74 Å². The molecule has 100 valence electrons. The van der Waals surface area contributed by atoms with Crippen molar-refractivity contribution in [3.63, 3.8) is 0 Å². The Bertz CT molecular complexity index is 396. The fourth-order valence-corrected chi connectivity index (χ4v) is 2.21. The van der Waals surface area contributed by atoms with E-state index in [2.05, 4.69) is 15.2 Å². The minimum atomic E-state index is 0.218. The molecule has 0 spiro atoms. The number of nitrogens with zero attached hydrogens (tertiary/aromatic N) is 2. The number of aromatic hydroxyl groups is 1. The van der Waals surface area contributed by atoms with Gasteiger partial charge in [-0.25, -0.2) is 0 Å². The Morgan fingerprint density at radius 1 is 1.56 bits per heavy atom. The van der Waals surface area contributed by atoms with Crippen molar-refractivity contribution in [2.45, 2.75) is 19.6 Å². The molecule has 18 heavy (non-hydrogen) atoms. The number of hydrogen-bond acceptors (Lipinski definition) is 5. The van der Waals surface area contributed by atoms with Crippen molar-refractivity contribution >= 4 is 0 Å². The van der Waals surface area contributed by atoms with E-state index in [0.717, 1.165) is 37.6 Å². The number of ether oxygens (including phenoxy) is 1. The van der Waals surface area contributed by atoms with Crippen molar-refractivity contribution in [2.75, 3.05) is 33.3 Å². The van der Waals surface area contributed by atoms with Crippen molar-refractivity contribution in [3.05, 3.63) is 23.5 Å². The van der Waals surface area contributed by atoms with Gasteiger partial charge >= 0.3 is 0 Å². The lowest BCUT2D eigenvalue weighted by Gasteiger charge is -2.32. The zero-order chi connectivity index (χ0) is 13.0. The van der Waals surface area contributed by atoms with Crippen molar-refractivity contribution in [1.29, 1.82) is 0 Å². The Morgan fingerprint density at radius 2 is 2.39 bits per heavy atom. The van der Waals surface area contributed by atoms with E-state index in [9.17, 15) is 5.11 Å². The van der Waals surface area contributed by atoms with Crippen LogP contribution in [0.25, 0.3) is 0 Å². The Morgan fingerprint density at radius 3 is 3.17 bits per heavy atom. The Balaban J connectivity index is 1.98. The van der Waals surface area contributed by atoms with Crippen molar-refractivity contribution in [1.82, 2.24) is 15.2 Å². The summed E-state index contributed by atoms with van der Waals surface area (Å²) in [6, 6.07) is 3.53. The summed E-state index contributed by atoms with van der Waals surface area (Å²) in [5, 5.41) is 12.9. The fraction of sp³-hybridized carbons (Fsp3) is 0.615. The van der Waals surface area contributed by atoms with Crippen LogP contribution in [0.1, 0.15) is 11.4 Å². The first-order chi connectivity index (χ1) is 8.69. The van der Waals surface area contributed by atoms with Crippen LogP contribution in [0.4, 0.5) is 0 Å². The first-order valence-corrected chi connectivity index (χ1v) is 6.33. The van der Waals surface area contributed by atoms with E-state index in [-0.39, 0.29) is 11.9 Å². The molecule has 1 unspecified atom stereocenters. The molecular formula is C13H21N3O2. The smallest absolute Gasteiger partial charge is 0.138 e. The summed E-state index contributed by atoms with van der Waals surface area (Å²) in [5.41, 5.74) is 1.68. The highest BCUT2D eigenvalue weighted by Gasteiger charge is 2.21. The SMILES string of the molecule is CNCC1CN(Cc2nc(C)ccc2O)CCO1. The highest BCUT2D eigenvalue weighted by Crippen LogP contribution is 2.18. The van der Waals surface area contributed by atoms with Crippen LogP contribution in [0.3, 0.4) is 0 Å². The normalized spacial score (nSPS) is 21.1. The fourth-order valence-electron chi connectivity index (χ4n) is 2.21. The van der Waals surface area contributed by atoms with Crippen LogP contribution in [0.2, 0.25) is 0 Å². The van der Waals surface area contributed by atoms with Gasteiger partial charge in [0.05, 0.1) is 18.4 Å². The van der Waals surface area contributed by atoms with Crippen molar-refractivity contribution in [2.24, 2.45) is 0 Å². The molecule has 1 aromatic heterocycles. The second-order valence-corrected chi connectivity index (χ2v) is 4.70. The lowest BCUT2D eigenvalue weighted by molar-refractivity contribution is -0.0297. The second kappa shape index (κ2) is 6.13. The van der Waals surface area contributed by atoms with E-state index in [1.807, 2.05) is 20.0 Å². The molecule has 1 aliphatic heterocycles. The first kappa shape index (κ1) is 13.3. The van der Waals surface area contributed by atoms with Crippen LogP contribution in [0.5, 0.6) is 5.75 Å². The van der Waals surface area contributed by atoms with Crippen molar-refractivity contribution < 1.29 is 9.84 Å². The highest BCUT2D eigenvalue weighted by atomic mass is 16.5. The Hall–Kier alpha value is -1.17. The molecule has 0 aromatic carbocycles. The molecule has 1 atom stereocenters. The zero-order valence-electron chi connectivity index (χ0n) is 11.0.